The Labute approximate surface area is 200 Å². The molecular weight excluding hydrogens is 486 g/mol. The third-order valence-corrected chi connectivity index (χ3v) is 6.37. The quantitative estimate of drug-likeness (QED) is 0.298. The van der Waals surface area contributed by atoms with E-state index in [0.29, 0.717) is 5.69 Å². The summed E-state index contributed by atoms with van der Waals surface area (Å²) in [6.45, 7) is 6.12. The fraction of sp³-hybridized carbons (Fsp3) is 0.160. The van der Waals surface area contributed by atoms with Crippen LogP contribution >= 0.6 is 28.1 Å². The number of aromatic nitrogens is 1. The highest BCUT2D eigenvalue weighted by atomic mass is 79.9. The molecule has 1 aliphatic heterocycles. The van der Waals surface area contributed by atoms with E-state index in [2.05, 4.69) is 57.0 Å². The Balaban J connectivity index is 1.73. The molecular formula is C25H22BrN3O2S. The average molecular weight is 508 g/mol. The van der Waals surface area contributed by atoms with Crippen molar-refractivity contribution in [2.24, 2.45) is 0 Å². The molecule has 2 amide bonds. The van der Waals surface area contributed by atoms with Crippen LogP contribution in [0.1, 0.15) is 29.4 Å². The van der Waals surface area contributed by atoms with Crippen molar-refractivity contribution in [3.8, 4) is 5.69 Å². The van der Waals surface area contributed by atoms with Crippen LogP contribution in [0.15, 0.2) is 64.6 Å². The highest BCUT2D eigenvalue weighted by Crippen LogP contribution is 2.27. The number of carbonyl (C=O) groups excluding carboxylic acids is 2. The topological polar surface area (TPSA) is 54.3 Å². The second-order valence-corrected chi connectivity index (χ2v) is 8.92. The van der Waals surface area contributed by atoms with Gasteiger partial charge in [0.1, 0.15) is 5.57 Å². The normalized spacial score (nSPS) is 15.4. The Hall–Kier alpha value is -3.03. The SMILES string of the molecule is CCc1ccc(-n2c(C)cc(/C=C3\C(=O)NC(=S)N(c4ccc(Br)cc4)C3=O)c2C)cc1. The van der Waals surface area contributed by atoms with Crippen LogP contribution in [0.25, 0.3) is 11.8 Å². The molecule has 0 bridgehead atoms. The van der Waals surface area contributed by atoms with Gasteiger partial charge in [0.15, 0.2) is 5.11 Å². The Morgan fingerprint density at radius 2 is 1.62 bits per heavy atom. The molecule has 1 fully saturated rings. The summed E-state index contributed by atoms with van der Waals surface area (Å²) in [5, 5.41) is 2.71. The lowest BCUT2D eigenvalue weighted by molar-refractivity contribution is -0.122. The summed E-state index contributed by atoms with van der Waals surface area (Å²) in [5.74, 6) is -0.941. The van der Waals surface area contributed by atoms with Gasteiger partial charge in [-0.15, -0.1) is 0 Å². The summed E-state index contributed by atoms with van der Waals surface area (Å²) in [6, 6.07) is 17.6. The van der Waals surface area contributed by atoms with Gasteiger partial charge in [-0.25, -0.2) is 0 Å². The molecule has 0 saturated carbocycles. The first-order valence-corrected chi connectivity index (χ1v) is 11.5. The highest BCUT2D eigenvalue weighted by molar-refractivity contribution is 9.10. The molecule has 162 valence electrons. The van der Waals surface area contributed by atoms with Crippen LogP contribution in [-0.2, 0) is 16.0 Å². The molecule has 0 spiro atoms. The van der Waals surface area contributed by atoms with Gasteiger partial charge < -0.3 is 4.57 Å². The molecule has 0 unspecified atom stereocenters. The molecule has 4 rings (SSSR count). The lowest BCUT2D eigenvalue weighted by Crippen LogP contribution is -2.54. The van der Waals surface area contributed by atoms with Crippen molar-refractivity contribution < 1.29 is 9.59 Å². The summed E-state index contributed by atoms with van der Waals surface area (Å²) in [4.78, 5) is 27.3. The number of anilines is 1. The number of nitrogens with one attached hydrogen (secondary N) is 1. The summed E-state index contributed by atoms with van der Waals surface area (Å²) in [7, 11) is 0. The number of thiocarbonyl (C=S) groups is 1. The van der Waals surface area contributed by atoms with Crippen molar-refractivity contribution in [2.75, 3.05) is 4.90 Å². The molecule has 5 nitrogen and oxygen atoms in total. The van der Waals surface area contributed by atoms with E-state index in [1.165, 1.54) is 10.5 Å². The van der Waals surface area contributed by atoms with E-state index in [0.717, 1.165) is 33.5 Å². The van der Waals surface area contributed by atoms with E-state index in [1.807, 2.05) is 32.0 Å². The number of rotatable bonds is 4. The van der Waals surface area contributed by atoms with Crippen molar-refractivity contribution in [3.05, 3.63) is 87.2 Å². The zero-order valence-electron chi connectivity index (χ0n) is 18.0. The van der Waals surface area contributed by atoms with Crippen LogP contribution in [-0.4, -0.2) is 21.5 Å². The fourth-order valence-corrected chi connectivity index (χ4v) is 4.39. The largest absolute Gasteiger partial charge is 0.318 e. The Bertz CT molecular complexity index is 1260. The Kier molecular flexibility index (Phi) is 6.13. The number of amides is 2. The first-order chi connectivity index (χ1) is 15.3. The van der Waals surface area contributed by atoms with Gasteiger partial charge in [-0.3, -0.25) is 19.8 Å². The van der Waals surface area contributed by atoms with Gasteiger partial charge in [0, 0.05) is 21.5 Å². The van der Waals surface area contributed by atoms with E-state index in [1.54, 1.807) is 18.2 Å². The molecule has 1 aromatic heterocycles. The van der Waals surface area contributed by atoms with E-state index < -0.39 is 11.8 Å². The predicted octanol–water partition coefficient (Wildman–Crippen LogP) is 5.25. The molecule has 1 aliphatic rings. The summed E-state index contributed by atoms with van der Waals surface area (Å²) < 4.78 is 3.00. The zero-order chi connectivity index (χ0) is 23.0. The summed E-state index contributed by atoms with van der Waals surface area (Å²) in [6.07, 6.45) is 2.62. The van der Waals surface area contributed by atoms with Crippen molar-refractivity contribution >= 4 is 56.8 Å². The van der Waals surface area contributed by atoms with Crippen molar-refractivity contribution in [3.63, 3.8) is 0 Å². The standard InChI is InChI=1S/C25H22BrN3O2S/c1-4-17-5-9-20(10-6-17)28-15(2)13-18(16(28)3)14-22-23(30)27-25(32)29(24(22)31)21-11-7-19(26)8-12-21/h5-14H,4H2,1-3H3,(H,27,30,32)/b22-14+. The molecule has 32 heavy (non-hydrogen) atoms. The van der Waals surface area contributed by atoms with E-state index in [4.69, 9.17) is 12.2 Å². The van der Waals surface area contributed by atoms with Gasteiger partial charge in [-0.1, -0.05) is 35.0 Å². The van der Waals surface area contributed by atoms with Crippen molar-refractivity contribution in [2.45, 2.75) is 27.2 Å². The number of carbonyl (C=O) groups is 2. The first-order valence-electron chi connectivity index (χ1n) is 10.3. The average Bonchev–Trinajstić information content (AvgIpc) is 3.05. The van der Waals surface area contributed by atoms with Crippen LogP contribution in [0.5, 0.6) is 0 Å². The maximum atomic E-state index is 13.3. The van der Waals surface area contributed by atoms with Crippen LogP contribution < -0.4 is 10.2 Å². The number of hydrogen-bond donors (Lipinski definition) is 1. The first kappa shape index (κ1) is 22.2. The van der Waals surface area contributed by atoms with Crippen molar-refractivity contribution in [1.29, 1.82) is 0 Å². The maximum absolute atomic E-state index is 13.3. The van der Waals surface area contributed by atoms with Crippen molar-refractivity contribution in [1.82, 2.24) is 9.88 Å². The van der Waals surface area contributed by atoms with Crippen LogP contribution in [0, 0.1) is 13.8 Å². The third kappa shape index (κ3) is 4.06. The molecule has 0 aliphatic carbocycles. The summed E-state index contributed by atoms with van der Waals surface area (Å²) >= 11 is 8.67. The minimum absolute atomic E-state index is 0.0445. The zero-order valence-corrected chi connectivity index (χ0v) is 20.4. The molecule has 7 heteroatoms. The number of aryl methyl sites for hydroxylation is 2. The lowest BCUT2D eigenvalue weighted by Gasteiger charge is -2.29. The summed E-state index contributed by atoms with van der Waals surface area (Å²) in [5.41, 5.74) is 5.72. The van der Waals surface area contributed by atoms with E-state index in [9.17, 15) is 9.59 Å². The smallest absolute Gasteiger partial charge is 0.270 e. The van der Waals surface area contributed by atoms with Gasteiger partial charge in [-0.2, -0.15) is 0 Å². The lowest BCUT2D eigenvalue weighted by atomic mass is 10.1. The minimum Gasteiger partial charge on any atom is -0.318 e. The van der Waals surface area contributed by atoms with Crippen LogP contribution in [0.2, 0.25) is 0 Å². The molecule has 2 aromatic carbocycles. The van der Waals surface area contributed by atoms with Gasteiger partial charge in [0.05, 0.1) is 5.69 Å². The fourth-order valence-electron chi connectivity index (χ4n) is 3.85. The molecule has 3 aromatic rings. The van der Waals surface area contributed by atoms with E-state index >= 15 is 0 Å². The monoisotopic (exact) mass is 507 g/mol. The predicted molar refractivity (Wildman–Crippen MR) is 135 cm³/mol. The van der Waals surface area contributed by atoms with Crippen LogP contribution in [0.3, 0.4) is 0 Å². The second kappa shape index (κ2) is 8.84. The molecule has 0 radical (unpaired) electrons. The highest BCUT2D eigenvalue weighted by Gasteiger charge is 2.34. The third-order valence-electron chi connectivity index (χ3n) is 5.56. The van der Waals surface area contributed by atoms with Crippen LogP contribution in [0.4, 0.5) is 5.69 Å². The number of hydrogen-bond acceptors (Lipinski definition) is 3. The molecule has 0 atom stereocenters. The second-order valence-electron chi connectivity index (χ2n) is 7.62. The number of nitrogens with zero attached hydrogens (tertiary/aromatic N) is 2. The van der Waals surface area contributed by atoms with E-state index in [-0.39, 0.29) is 10.7 Å². The van der Waals surface area contributed by atoms with Gasteiger partial charge in [0.25, 0.3) is 11.8 Å². The maximum Gasteiger partial charge on any atom is 0.270 e. The van der Waals surface area contributed by atoms with Gasteiger partial charge in [-0.05, 0) is 92.2 Å². The minimum atomic E-state index is -0.495. The molecule has 2 heterocycles. The Morgan fingerprint density at radius 3 is 2.25 bits per heavy atom. The number of benzene rings is 2. The molecule has 1 N–H and O–H groups in total. The molecule has 1 saturated heterocycles. The van der Waals surface area contributed by atoms with Gasteiger partial charge >= 0.3 is 0 Å². The number of halogens is 1. The Morgan fingerprint density at radius 1 is 1.00 bits per heavy atom. The van der Waals surface area contributed by atoms with Gasteiger partial charge in [0.2, 0.25) is 0 Å².